The topological polar surface area (TPSA) is 131 Å². The number of ether oxygens (including phenoxy) is 3. The third-order valence-corrected chi connectivity index (χ3v) is 4.51. The number of aromatic carboxylic acids is 1. The molecule has 0 spiro atoms. The highest BCUT2D eigenvalue weighted by molar-refractivity contribution is 6.09. The molecule has 0 aliphatic rings. The van der Waals surface area contributed by atoms with E-state index >= 15 is 0 Å². The summed E-state index contributed by atoms with van der Waals surface area (Å²) in [5.41, 5.74) is 0.946. The molecule has 9 heteroatoms. The van der Waals surface area contributed by atoms with Crippen molar-refractivity contribution < 1.29 is 33.3 Å². The van der Waals surface area contributed by atoms with Crippen LogP contribution in [0.25, 0.3) is 6.08 Å². The third-order valence-electron chi connectivity index (χ3n) is 4.51. The number of hydrogen-bond donors (Lipinski definition) is 2. The van der Waals surface area contributed by atoms with Gasteiger partial charge in [-0.05, 0) is 55.0 Å². The second-order valence-corrected chi connectivity index (χ2v) is 6.85. The van der Waals surface area contributed by atoms with Gasteiger partial charge in [0.15, 0.2) is 11.5 Å². The van der Waals surface area contributed by atoms with Crippen LogP contribution in [0.3, 0.4) is 0 Å². The molecule has 0 saturated heterocycles. The third kappa shape index (κ3) is 6.17. The van der Waals surface area contributed by atoms with Gasteiger partial charge in [-0.1, -0.05) is 12.1 Å². The molecule has 0 unspecified atom stereocenters. The van der Waals surface area contributed by atoms with Crippen LogP contribution in [0, 0.1) is 11.3 Å². The number of carboxylic acid groups (broad SMARTS) is 1. The van der Waals surface area contributed by atoms with Gasteiger partial charge in [0.25, 0.3) is 5.91 Å². The number of carbonyl (C=O) groups excluding carboxylic acids is 1. The Morgan fingerprint density at radius 1 is 1.12 bits per heavy atom. The molecule has 1 amide bonds. The first-order valence-electron chi connectivity index (χ1n) is 10.2. The van der Waals surface area contributed by atoms with Gasteiger partial charge in [0.2, 0.25) is 5.76 Å². The molecule has 0 aliphatic carbocycles. The number of anilines is 1. The maximum Gasteiger partial charge on any atom is 0.371 e. The molecule has 3 aromatic rings. The lowest BCUT2D eigenvalue weighted by Gasteiger charge is -2.11. The predicted octanol–water partition coefficient (Wildman–Crippen LogP) is 4.51. The zero-order valence-electron chi connectivity index (χ0n) is 18.5. The number of hydrogen-bond acceptors (Lipinski definition) is 7. The largest absolute Gasteiger partial charge is 0.494 e. The van der Waals surface area contributed by atoms with Gasteiger partial charge in [-0.2, -0.15) is 5.26 Å². The van der Waals surface area contributed by atoms with Crippen molar-refractivity contribution in [2.24, 2.45) is 0 Å². The van der Waals surface area contributed by atoms with E-state index in [1.165, 1.54) is 25.3 Å². The van der Waals surface area contributed by atoms with E-state index in [1.54, 1.807) is 42.5 Å². The van der Waals surface area contributed by atoms with Gasteiger partial charge in [-0.15, -0.1) is 0 Å². The first kappa shape index (κ1) is 23.9. The van der Waals surface area contributed by atoms with Gasteiger partial charge in [-0.25, -0.2) is 4.79 Å². The SMILES string of the molecule is CCOc1cccc(NC(=O)/C(C#N)=C\c2ccc(OCc3ccc(C(=O)O)o3)c(OC)c2)c1. The number of nitrogens with one attached hydrogen (secondary N) is 1. The lowest BCUT2D eigenvalue weighted by molar-refractivity contribution is -0.112. The smallest absolute Gasteiger partial charge is 0.371 e. The van der Waals surface area contributed by atoms with Crippen LogP contribution >= 0.6 is 0 Å². The van der Waals surface area contributed by atoms with Crippen molar-refractivity contribution in [1.82, 2.24) is 0 Å². The Morgan fingerprint density at radius 2 is 1.94 bits per heavy atom. The van der Waals surface area contributed by atoms with Gasteiger partial charge < -0.3 is 29.1 Å². The predicted molar refractivity (Wildman–Crippen MR) is 123 cm³/mol. The fourth-order valence-electron chi connectivity index (χ4n) is 2.96. The number of nitriles is 1. The minimum atomic E-state index is -1.17. The van der Waals surface area contributed by atoms with Crippen LogP contribution in [0.15, 0.2) is 64.6 Å². The Labute approximate surface area is 195 Å². The van der Waals surface area contributed by atoms with Crippen LogP contribution in [0.4, 0.5) is 5.69 Å². The average molecular weight is 462 g/mol. The number of nitrogens with zero attached hydrogens (tertiary/aromatic N) is 1. The van der Waals surface area contributed by atoms with Gasteiger partial charge in [0, 0.05) is 11.8 Å². The van der Waals surface area contributed by atoms with E-state index in [4.69, 9.17) is 23.7 Å². The van der Waals surface area contributed by atoms with Crippen molar-refractivity contribution in [2.45, 2.75) is 13.5 Å². The standard InChI is InChI=1S/C25H22N2O7/c1-3-32-19-6-4-5-18(13-19)27-24(28)17(14-26)11-16-7-9-21(23(12-16)31-2)33-15-20-8-10-22(34-20)25(29)30/h4-13H,3,15H2,1-2H3,(H,27,28)(H,29,30)/b17-11-. The zero-order chi connectivity index (χ0) is 24.5. The van der Waals surface area contributed by atoms with Crippen molar-refractivity contribution in [3.63, 3.8) is 0 Å². The van der Waals surface area contributed by atoms with Gasteiger partial charge >= 0.3 is 5.97 Å². The Balaban J connectivity index is 1.72. The highest BCUT2D eigenvalue weighted by atomic mass is 16.5. The van der Waals surface area contributed by atoms with Crippen molar-refractivity contribution in [2.75, 3.05) is 19.0 Å². The number of methoxy groups -OCH3 is 1. The molecule has 0 radical (unpaired) electrons. The number of rotatable bonds is 10. The Morgan fingerprint density at radius 3 is 2.62 bits per heavy atom. The summed E-state index contributed by atoms with van der Waals surface area (Å²) in [5.74, 6) is -0.235. The van der Waals surface area contributed by atoms with Crippen LogP contribution in [0.5, 0.6) is 17.2 Å². The highest BCUT2D eigenvalue weighted by Gasteiger charge is 2.13. The molecule has 0 fully saturated rings. The summed E-state index contributed by atoms with van der Waals surface area (Å²) < 4.78 is 21.6. The molecule has 34 heavy (non-hydrogen) atoms. The van der Waals surface area contributed by atoms with Gasteiger partial charge in [-0.3, -0.25) is 4.79 Å². The number of carboxylic acids is 1. The fraction of sp³-hybridized carbons (Fsp3) is 0.160. The molecule has 0 atom stereocenters. The molecular weight excluding hydrogens is 440 g/mol. The minimum Gasteiger partial charge on any atom is -0.494 e. The molecule has 9 nitrogen and oxygen atoms in total. The lowest BCUT2D eigenvalue weighted by Crippen LogP contribution is -2.13. The van der Waals surface area contributed by atoms with E-state index in [0.29, 0.717) is 40.9 Å². The summed E-state index contributed by atoms with van der Waals surface area (Å²) in [5, 5.41) is 21.1. The Hall–Kier alpha value is -4.71. The summed E-state index contributed by atoms with van der Waals surface area (Å²) in [6.07, 6.45) is 1.43. The van der Waals surface area contributed by atoms with E-state index in [9.17, 15) is 14.9 Å². The summed E-state index contributed by atoms with van der Waals surface area (Å²) in [6, 6.07) is 16.5. The van der Waals surface area contributed by atoms with E-state index in [1.807, 2.05) is 13.0 Å². The molecule has 174 valence electrons. The minimum absolute atomic E-state index is 0.00845. The molecule has 1 aromatic heterocycles. The highest BCUT2D eigenvalue weighted by Crippen LogP contribution is 2.30. The lowest BCUT2D eigenvalue weighted by atomic mass is 10.1. The van der Waals surface area contributed by atoms with Crippen molar-refractivity contribution in [1.29, 1.82) is 5.26 Å². The molecule has 0 bridgehead atoms. The van der Waals surface area contributed by atoms with E-state index < -0.39 is 11.9 Å². The first-order valence-corrected chi connectivity index (χ1v) is 10.2. The van der Waals surface area contributed by atoms with Crippen LogP contribution in [-0.4, -0.2) is 30.7 Å². The summed E-state index contributed by atoms with van der Waals surface area (Å²) in [4.78, 5) is 23.5. The Kier molecular flexibility index (Phi) is 7.92. The quantitative estimate of drug-likeness (QED) is 0.332. The van der Waals surface area contributed by atoms with E-state index in [0.717, 1.165) is 0 Å². The molecule has 0 aliphatic heterocycles. The van der Waals surface area contributed by atoms with Crippen molar-refractivity contribution in [3.05, 3.63) is 77.3 Å². The van der Waals surface area contributed by atoms with Crippen molar-refractivity contribution in [3.8, 4) is 23.3 Å². The first-order chi connectivity index (χ1) is 16.4. The van der Waals surface area contributed by atoms with Crippen LogP contribution in [-0.2, 0) is 11.4 Å². The normalized spacial score (nSPS) is 10.8. The molecule has 2 aromatic carbocycles. The maximum atomic E-state index is 12.6. The molecule has 3 rings (SSSR count). The van der Waals surface area contributed by atoms with E-state index in [2.05, 4.69) is 5.32 Å². The second kappa shape index (κ2) is 11.2. The molecular formula is C25H22N2O7. The fourth-order valence-corrected chi connectivity index (χ4v) is 2.96. The van der Waals surface area contributed by atoms with Gasteiger partial charge in [0.05, 0.1) is 13.7 Å². The maximum absolute atomic E-state index is 12.6. The van der Waals surface area contributed by atoms with Gasteiger partial charge in [0.1, 0.15) is 29.8 Å². The molecule has 0 saturated carbocycles. The van der Waals surface area contributed by atoms with Crippen LogP contribution in [0.2, 0.25) is 0 Å². The van der Waals surface area contributed by atoms with Crippen LogP contribution in [0.1, 0.15) is 28.8 Å². The summed E-state index contributed by atoms with van der Waals surface area (Å²) in [7, 11) is 1.45. The molecule has 1 heterocycles. The monoisotopic (exact) mass is 462 g/mol. The average Bonchev–Trinajstić information content (AvgIpc) is 3.31. The number of carbonyl (C=O) groups is 2. The summed E-state index contributed by atoms with van der Waals surface area (Å²) >= 11 is 0. The molecule has 2 N–H and O–H groups in total. The van der Waals surface area contributed by atoms with E-state index in [-0.39, 0.29) is 17.9 Å². The summed E-state index contributed by atoms with van der Waals surface area (Å²) in [6.45, 7) is 2.34. The zero-order valence-corrected chi connectivity index (χ0v) is 18.5. The number of benzene rings is 2. The van der Waals surface area contributed by atoms with Crippen LogP contribution < -0.4 is 19.5 Å². The number of furan rings is 1. The second-order valence-electron chi connectivity index (χ2n) is 6.85. The number of amides is 1. The Bertz CT molecular complexity index is 1250. The van der Waals surface area contributed by atoms with Crippen molar-refractivity contribution >= 4 is 23.6 Å².